The second-order valence-electron chi connectivity index (χ2n) is 4.52. The summed E-state index contributed by atoms with van der Waals surface area (Å²) in [6, 6.07) is 13.5. The first-order valence-corrected chi connectivity index (χ1v) is 6.24. The van der Waals surface area contributed by atoms with Crippen LogP contribution in [0.15, 0.2) is 48.5 Å². The number of carbonyl (C=O) groups is 2. The Kier molecular flexibility index (Phi) is 4.15. The van der Waals surface area contributed by atoms with Gasteiger partial charge >= 0.3 is 0 Å². The molecule has 102 valence electrons. The quantitative estimate of drug-likeness (QED) is 0.662. The second-order valence-corrected chi connectivity index (χ2v) is 4.52. The maximum atomic E-state index is 11.9. The van der Waals surface area contributed by atoms with Crippen molar-refractivity contribution in [3.63, 3.8) is 0 Å². The maximum Gasteiger partial charge on any atom is 0.232 e. The number of anilines is 1. The fourth-order valence-corrected chi connectivity index (χ4v) is 1.76. The number of benzene rings is 2. The van der Waals surface area contributed by atoms with E-state index in [1.165, 1.54) is 6.07 Å². The van der Waals surface area contributed by atoms with E-state index in [-0.39, 0.29) is 18.0 Å². The number of hydrogen-bond donors (Lipinski definition) is 2. The van der Waals surface area contributed by atoms with Gasteiger partial charge in [-0.25, -0.2) is 0 Å². The lowest BCUT2D eigenvalue weighted by Gasteiger charge is -2.06. The summed E-state index contributed by atoms with van der Waals surface area (Å²) >= 11 is 0. The first-order chi connectivity index (χ1) is 9.56. The van der Waals surface area contributed by atoms with E-state index >= 15 is 0 Å². The van der Waals surface area contributed by atoms with Crippen molar-refractivity contribution in [3.8, 4) is 5.75 Å². The van der Waals surface area contributed by atoms with Crippen molar-refractivity contribution in [1.82, 2.24) is 0 Å². The molecular weight excluding hydrogens is 254 g/mol. The molecule has 0 unspecified atom stereocenters. The van der Waals surface area contributed by atoms with Crippen molar-refractivity contribution < 1.29 is 14.7 Å². The van der Waals surface area contributed by atoms with Crippen molar-refractivity contribution in [2.75, 3.05) is 5.32 Å². The summed E-state index contributed by atoms with van der Waals surface area (Å²) in [7, 11) is 0. The highest BCUT2D eigenvalue weighted by atomic mass is 16.3. The van der Waals surface area contributed by atoms with Gasteiger partial charge in [0.05, 0.1) is 6.42 Å². The Morgan fingerprint density at radius 2 is 1.80 bits per heavy atom. The molecule has 1 amide bonds. The number of aromatic hydroxyl groups is 1. The van der Waals surface area contributed by atoms with Gasteiger partial charge in [0.1, 0.15) is 5.75 Å². The molecule has 2 aromatic rings. The number of nitrogens with one attached hydrogen (secondary N) is 1. The van der Waals surface area contributed by atoms with Gasteiger partial charge in [-0.3, -0.25) is 9.59 Å². The average Bonchev–Trinajstić information content (AvgIpc) is 2.44. The van der Waals surface area contributed by atoms with Crippen LogP contribution >= 0.6 is 0 Å². The topological polar surface area (TPSA) is 66.4 Å². The van der Waals surface area contributed by atoms with Crippen molar-refractivity contribution in [2.24, 2.45) is 0 Å². The normalized spacial score (nSPS) is 10.1. The van der Waals surface area contributed by atoms with Gasteiger partial charge in [0.15, 0.2) is 5.78 Å². The molecule has 2 rings (SSSR count). The van der Waals surface area contributed by atoms with E-state index in [1.54, 1.807) is 43.3 Å². The molecule has 4 heteroatoms. The van der Waals surface area contributed by atoms with E-state index in [0.717, 1.165) is 5.56 Å². The van der Waals surface area contributed by atoms with Crippen molar-refractivity contribution in [2.45, 2.75) is 13.3 Å². The minimum Gasteiger partial charge on any atom is -0.508 e. The SMILES string of the molecule is Cc1ccc(NC(=O)CC(=O)c2ccccc2)cc1O. The highest BCUT2D eigenvalue weighted by Crippen LogP contribution is 2.20. The molecule has 0 heterocycles. The van der Waals surface area contributed by atoms with Crippen LogP contribution in [0.4, 0.5) is 5.69 Å². The predicted octanol–water partition coefficient (Wildman–Crippen LogP) is 2.91. The van der Waals surface area contributed by atoms with Gasteiger partial charge in [0.25, 0.3) is 0 Å². The summed E-state index contributed by atoms with van der Waals surface area (Å²) in [6.07, 6.45) is -0.224. The number of Topliss-reactive ketones (excluding diaryl/α,β-unsaturated/α-hetero) is 1. The highest BCUT2D eigenvalue weighted by Gasteiger charge is 2.12. The molecule has 2 N–H and O–H groups in total. The fraction of sp³-hybridized carbons (Fsp3) is 0.125. The Morgan fingerprint density at radius 1 is 1.10 bits per heavy atom. The summed E-state index contributed by atoms with van der Waals surface area (Å²) in [6.45, 7) is 1.76. The van der Waals surface area contributed by atoms with Gasteiger partial charge in [-0.2, -0.15) is 0 Å². The zero-order valence-corrected chi connectivity index (χ0v) is 11.1. The third-order valence-electron chi connectivity index (χ3n) is 2.91. The van der Waals surface area contributed by atoms with Gasteiger partial charge in [0, 0.05) is 17.3 Å². The number of phenolic OH excluding ortho intramolecular Hbond substituents is 1. The molecule has 0 atom stereocenters. The molecule has 0 spiro atoms. The monoisotopic (exact) mass is 269 g/mol. The van der Waals surface area contributed by atoms with Gasteiger partial charge in [0.2, 0.25) is 5.91 Å². The first-order valence-electron chi connectivity index (χ1n) is 6.24. The zero-order chi connectivity index (χ0) is 14.5. The third kappa shape index (κ3) is 3.45. The van der Waals surface area contributed by atoms with Crippen molar-refractivity contribution >= 4 is 17.4 Å². The van der Waals surface area contributed by atoms with E-state index in [2.05, 4.69) is 5.32 Å². The third-order valence-corrected chi connectivity index (χ3v) is 2.91. The van der Waals surface area contributed by atoms with Crippen LogP contribution in [0.1, 0.15) is 22.3 Å². The molecule has 20 heavy (non-hydrogen) atoms. The smallest absolute Gasteiger partial charge is 0.232 e. The van der Waals surface area contributed by atoms with Crippen LogP contribution in [0.5, 0.6) is 5.75 Å². The Bertz CT molecular complexity index is 635. The highest BCUT2D eigenvalue weighted by molar-refractivity contribution is 6.11. The molecule has 0 aliphatic carbocycles. The summed E-state index contributed by atoms with van der Waals surface area (Å²) < 4.78 is 0. The molecule has 0 saturated carbocycles. The van der Waals surface area contributed by atoms with Crippen LogP contribution in [0.3, 0.4) is 0 Å². The van der Waals surface area contributed by atoms with E-state index in [0.29, 0.717) is 11.3 Å². The molecule has 0 aliphatic rings. The van der Waals surface area contributed by atoms with Gasteiger partial charge < -0.3 is 10.4 Å². The van der Waals surface area contributed by atoms with Crippen molar-refractivity contribution in [3.05, 3.63) is 59.7 Å². The largest absolute Gasteiger partial charge is 0.508 e. The standard InChI is InChI=1S/C16H15NO3/c1-11-7-8-13(9-14(11)18)17-16(20)10-15(19)12-5-3-2-4-6-12/h2-9,18H,10H2,1H3,(H,17,20). The molecule has 0 aliphatic heterocycles. The molecular formula is C16H15NO3. The maximum absolute atomic E-state index is 11.9. The van der Waals surface area contributed by atoms with Gasteiger partial charge in [-0.1, -0.05) is 36.4 Å². The summed E-state index contributed by atoms with van der Waals surface area (Å²) in [4.78, 5) is 23.6. The zero-order valence-electron chi connectivity index (χ0n) is 11.1. The Labute approximate surface area is 117 Å². The fourth-order valence-electron chi connectivity index (χ4n) is 1.76. The molecule has 0 fully saturated rings. The Hall–Kier alpha value is -2.62. The number of amides is 1. The second kappa shape index (κ2) is 6.02. The number of rotatable bonds is 4. The number of hydrogen-bond acceptors (Lipinski definition) is 3. The number of aryl methyl sites for hydroxylation is 1. The van der Waals surface area contributed by atoms with Crippen molar-refractivity contribution in [1.29, 1.82) is 0 Å². The lowest BCUT2D eigenvalue weighted by atomic mass is 10.1. The molecule has 4 nitrogen and oxygen atoms in total. The lowest BCUT2D eigenvalue weighted by molar-refractivity contribution is -0.115. The minimum absolute atomic E-state index is 0.109. The van der Waals surface area contributed by atoms with Crippen LogP contribution in [-0.4, -0.2) is 16.8 Å². The van der Waals surface area contributed by atoms with E-state index in [4.69, 9.17) is 0 Å². The summed E-state index contributed by atoms with van der Waals surface area (Å²) in [5.74, 6) is -0.529. The van der Waals surface area contributed by atoms with Crippen LogP contribution < -0.4 is 5.32 Å². The molecule has 0 saturated heterocycles. The number of carbonyl (C=O) groups excluding carboxylic acids is 2. The Morgan fingerprint density at radius 3 is 2.45 bits per heavy atom. The summed E-state index contributed by atoms with van der Waals surface area (Å²) in [5.41, 5.74) is 1.71. The molecule has 0 bridgehead atoms. The van der Waals surface area contributed by atoms with E-state index < -0.39 is 5.91 Å². The Balaban J connectivity index is 1.99. The predicted molar refractivity (Wildman–Crippen MR) is 76.9 cm³/mol. The minimum atomic E-state index is -0.401. The van der Waals surface area contributed by atoms with Gasteiger partial charge in [-0.05, 0) is 18.6 Å². The molecule has 2 aromatic carbocycles. The molecule has 0 radical (unpaired) electrons. The van der Waals surface area contributed by atoms with Crippen LogP contribution in [0, 0.1) is 6.92 Å². The van der Waals surface area contributed by atoms with E-state index in [1.807, 2.05) is 6.07 Å². The van der Waals surface area contributed by atoms with Gasteiger partial charge in [-0.15, -0.1) is 0 Å². The number of ketones is 1. The number of phenols is 1. The van der Waals surface area contributed by atoms with Crippen LogP contribution in [-0.2, 0) is 4.79 Å². The average molecular weight is 269 g/mol. The van der Waals surface area contributed by atoms with Crippen LogP contribution in [0.25, 0.3) is 0 Å². The lowest BCUT2D eigenvalue weighted by Crippen LogP contribution is -2.16. The molecule has 0 aromatic heterocycles. The van der Waals surface area contributed by atoms with Crippen LogP contribution in [0.2, 0.25) is 0 Å². The van der Waals surface area contributed by atoms with E-state index in [9.17, 15) is 14.7 Å². The summed E-state index contributed by atoms with van der Waals surface area (Å²) in [5, 5.41) is 12.1. The first kappa shape index (κ1) is 13.8.